The van der Waals surface area contributed by atoms with E-state index in [2.05, 4.69) is 15.0 Å². The van der Waals surface area contributed by atoms with E-state index in [1.807, 2.05) is 16.9 Å². The molecule has 0 N–H and O–H groups in total. The number of aromatic nitrogens is 3. The van der Waals surface area contributed by atoms with Gasteiger partial charge in [0.05, 0.1) is 11.7 Å². The quantitative estimate of drug-likeness (QED) is 0.743. The highest BCUT2D eigenvalue weighted by atomic mass is 19.1. The van der Waals surface area contributed by atoms with Gasteiger partial charge in [-0.3, -0.25) is 9.58 Å². The second kappa shape index (κ2) is 5.38. The molecule has 6 heteroatoms. The Balaban J connectivity index is 1.39. The Labute approximate surface area is 127 Å². The number of hydrogen-bond acceptors (Lipinski definition) is 4. The Morgan fingerprint density at radius 3 is 2.95 bits per heavy atom. The van der Waals surface area contributed by atoms with Crippen LogP contribution in [0.25, 0.3) is 11.5 Å². The lowest BCUT2D eigenvalue weighted by atomic mass is 10.1. The highest BCUT2D eigenvalue weighted by Crippen LogP contribution is 2.24. The summed E-state index contributed by atoms with van der Waals surface area (Å²) in [4.78, 5) is 6.71. The average molecular weight is 298 g/mol. The van der Waals surface area contributed by atoms with Gasteiger partial charge in [0.2, 0.25) is 5.89 Å². The molecule has 5 nitrogen and oxygen atoms in total. The SMILES string of the molecule is Fc1cccc(-c2nc(CN3CC(n4cccn4)C3)co2)c1. The highest BCUT2D eigenvalue weighted by molar-refractivity contribution is 5.52. The van der Waals surface area contributed by atoms with Crippen LogP contribution in [0.15, 0.2) is 53.4 Å². The minimum atomic E-state index is -0.290. The summed E-state index contributed by atoms with van der Waals surface area (Å²) in [7, 11) is 0. The van der Waals surface area contributed by atoms with E-state index in [1.165, 1.54) is 12.1 Å². The first-order valence-corrected chi connectivity index (χ1v) is 7.20. The third kappa shape index (κ3) is 2.53. The molecule has 3 heterocycles. The maximum atomic E-state index is 13.2. The zero-order valence-electron chi connectivity index (χ0n) is 11.9. The molecule has 0 amide bonds. The zero-order chi connectivity index (χ0) is 14.9. The highest BCUT2D eigenvalue weighted by Gasteiger charge is 2.28. The second-order valence-electron chi connectivity index (χ2n) is 5.49. The zero-order valence-corrected chi connectivity index (χ0v) is 11.9. The molecule has 112 valence electrons. The van der Waals surface area contributed by atoms with E-state index < -0.39 is 0 Å². The monoisotopic (exact) mass is 298 g/mol. The van der Waals surface area contributed by atoms with E-state index in [9.17, 15) is 4.39 Å². The first-order valence-electron chi connectivity index (χ1n) is 7.20. The Morgan fingerprint density at radius 2 is 2.18 bits per heavy atom. The van der Waals surface area contributed by atoms with Crippen LogP contribution in [0.2, 0.25) is 0 Å². The molecule has 0 radical (unpaired) electrons. The fourth-order valence-corrected chi connectivity index (χ4v) is 2.70. The van der Waals surface area contributed by atoms with Crippen molar-refractivity contribution in [3.05, 3.63) is 60.5 Å². The van der Waals surface area contributed by atoms with Gasteiger partial charge in [0.15, 0.2) is 0 Å². The molecule has 2 aromatic heterocycles. The topological polar surface area (TPSA) is 47.1 Å². The van der Waals surface area contributed by atoms with Crippen LogP contribution < -0.4 is 0 Å². The smallest absolute Gasteiger partial charge is 0.226 e. The number of rotatable bonds is 4. The third-order valence-electron chi connectivity index (χ3n) is 3.85. The fourth-order valence-electron chi connectivity index (χ4n) is 2.70. The van der Waals surface area contributed by atoms with Gasteiger partial charge >= 0.3 is 0 Å². The van der Waals surface area contributed by atoms with Crippen molar-refractivity contribution in [2.75, 3.05) is 13.1 Å². The van der Waals surface area contributed by atoms with Crippen molar-refractivity contribution < 1.29 is 8.81 Å². The molecule has 0 saturated carbocycles. The van der Waals surface area contributed by atoms with Crippen molar-refractivity contribution >= 4 is 0 Å². The van der Waals surface area contributed by atoms with Crippen molar-refractivity contribution in [2.45, 2.75) is 12.6 Å². The van der Waals surface area contributed by atoms with Gasteiger partial charge in [-0.1, -0.05) is 6.07 Å². The molecular weight excluding hydrogens is 283 g/mol. The summed E-state index contributed by atoms with van der Waals surface area (Å²) in [5.74, 6) is 0.167. The van der Waals surface area contributed by atoms with Crippen molar-refractivity contribution in [2.24, 2.45) is 0 Å². The van der Waals surface area contributed by atoms with Crippen LogP contribution >= 0.6 is 0 Å². The summed E-state index contributed by atoms with van der Waals surface area (Å²) in [5, 5.41) is 4.25. The third-order valence-corrected chi connectivity index (χ3v) is 3.85. The average Bonchev–Trinajstić information content (AvgIpc) is 3.14. The van der Waals surface area contributed by atoms with Crippen LogP contribution in [-0.4, -0.2) is 32.8 Å². The molecule has 22 heavy (non-hydrogen) atoms. The lowest BCUT2D eigenvalue weighted by Gasteiger charge is -2.38. The van der Waals surface area contributed by atoms with Gasteiger partial charge in [-0.05, 0) is 24.3 Å². The van der Waals surface area contributed by atoms with Crippen LogP contribution in [0, 0.1) is 5.82 Å². The minimum absolute atomic E-state index is 0.290. The number of hydrogen-bond donors (Lipinski definition) is 0. The van der Waals surface area contributed by atoms with Crippen LogP contribution in [0.4, 0.5) is 4.39 Å². The van der Waals surface area contributed by atoms with E-state index in [1.54, 1.807) is 24.6 Å². The molecule has 4 rings (SSSR count). The van der Waals surface area contributed by atoms with Crippen LogP contribution in [0.1, 0.15) is 11.7 Å². The molecule has 1 saturated heterocycles. The maximum Gasteiger partial charge on any atom is 0.226 e. The first-order chi connectivity index (χ1) is 10.8. The van der Waals surface area contributed by atoms with Gasteiger partial charge in [-0.25, -0.2) is 9.37 Å². The molecule has 0 atom stereocenters. The molecule has 3 aromatic rings. The Hall–Kier alpha value is -2.47. The normalized spacial score (nSPS) is 15.9. The van der Waals surface area contributed by atoms with Crippen molar-refractivity contribution in [1.82, 2.24) is 19.7 Å². The van der Waals surface area contributed by atoms with Gasteiger partial charge in [-0.15, -0.1) is 0 Å². The summed E-state index contributed by atoms with van der Waals surface area (Å²) >= 11 is 0. The number of benzene rings is 1. The number of nitrogens with zero attached hydrogens (tertiary/aromatic N) is 4. The van der Waals surface area contributed by atoms with Gasteiger partial charge in [0.1, 0.15) is 12.1 Å². The van der Waals surface area contributed by atoms with Crippen molar-refractivity contribution in [3.63, 3.8) is 0 Å². The van der Waals surface area contributed by atoms with E-state index in [-0.39, 0.29) is 5.82 Å². The molecule has 1 aromatic carbocycles. The van der Waals surface area contributed by atoms with Crippen molar-refractivity contribution in [1.29, 1.82) is 0 Å². The minimum Gasteiger partial charge on any atom is -0.444 e. The fraction of sp³-hybridized carbons (Fsp3) is 0.250. The Bertz CT molecular complexity index is 762. The van der Waals surface area contributed by atoms with E-state index >= 15 is 0 Å². The predicted octanol–water partition coefficient (Wildman–Crippen LogP) is 2.73. The van der Waals surface area contributed by atoms with Crippen LogP contribution in [0.3, 0.4) is 0 Å². The Kier molecular flexibility index (Phi) is 3.23. The summed E-state index contributed by atoms with van der Waals surface area (Å²) in [6.07, 6.45) is 5.42. The summed E-state index contributed by atoms with van der Waals surface area (Å²) < 4.78 is 20.7. The maximum absolute atomic E-state index is 13.2. The number of halogens is 1. The molecule has 0 unspecified atom stereocenters. The second-order valence-corrected chi connectivity index (χ2v) is 5.49. The van der Waals surface area contributed by atoms with E-state index in [0.717, 1.165) is 25.3 Å². The Morgan fingerprint density at radius 1 is 1.27 bits per heavy atom. The van der Waals surface area contributed by atoms with Gasteiger partial charge in [0.25, 0.3) is 0 Å². The van der Waals surface area contributed by atoms with Crippen molar-refractivity contribution in [3.8, 4) is 11.5 Å². The van der Waals surface area contributed by atoms with Crippen LogP contribution in [-0.2, 0) is 6.54 Å². The number of likely N-dealkylation sites (tertiary alicyclic amines) is 1. The predicted molar refractivity (Wildman–Crippen MR) is 78.4 cm³/mol. The molecular formula is C16H15FN4O. The molecule has 1 aliphatic rings. The first kappa shape index (κ1) is 13.2. The lowest BCUT2D eigenvalue weighted by molar-refractivity contribution is 0.0895. The molecule has 0 spiro atoms. The van der Waals surface area contributed by atoms with Gasteiger partial charge < -0.3 is 4.42 Å². The summed E-state index contributed by atoms with van der Waals surface area (Å²) in [5.41, 5.74) is 1.52. The van der Waals surface area contributed by atoms with Gasteiger partial charge in [-0.2, -0.15) is 5.10 Å². The van der Waals surface area contributed by atoms with E-state index in [4.69, 9.17) is 4.42 Å². The van der Waals surface area contributed by atoms with Gasteiger partial charge in [0, 0.05) is 37.6 Å². The number of oxazole rings is 1. The molecule has 0 bridgehead atoms. The molecule has 1 aliphatic heterocycles. The summed E-state index contributed by atoms with van der Waals surface area (Å²) in [6.45, 7) is 2.63. The molecule has 0 aliphatic carbocycles. The van der Waals surface area contributed by atoms with E-state index in [0.29, 0.717) is 17.5 Å². The molecule has 1 fully saturated rings. The van der Waals surface area contributed by atoms with Crippen LogP contribution in [0.5, 0.6) is 0 Å². The standard InChI is InChI=1S/C16H15FN4O/c17-13-4-1-3-12(7-13)16-19-14(11-22-16)8-20-9-15(10-20)21-6-2-5-18-21/h1-7,11,15H,8-10H2. The largest absolute Gasteiger partial charge is 0.444 e. The summed E-state index contributed by atoms with van der Waals surface area (Å²) in [6, 6.07) is 8.64. The lowest BCUT2D eigenvalue weighted by Crippen LogP contribution is -2.47.